The maximum absolute atomic E-state index is 13.3. The molecule has 2 aliphatic heterocycles. The van der Waals surface area contributed by atoms with Crippen LogP contribution in [0.5, 0.6) is 11.5 Å². The monoisotopic (exact) mass is 368 g/mol. The van der Waals surface area contributed by atoms with E-state index in [1.165, 1.54) is 12.1 Å². The van der Waals surface area contributed by atoms with Crippen molar-refractivity contribution >= 4 is 11.6 Å². The first kappa shape index (κ1) is 16.4. The van der Waals surface area contributed by atoms with Crippen molar-refractivity contribution in [2.75, 3.05) is 37.9 Å². The lowest BCUT2D eigenvalue weighted by Gasteiger charge is -2.38. The molecule has 0 spiro atoms. The summed E-state index contributed by atoms with van der Waals surface area (Å²) in [7, 11) is 0. The Kier molecular flexibility index (Phi) is 3.74. The molecule has 2 heterocycles. The number of fused-ring (bicyclic) bond motifs is 1. The molecule has 1 saturated heterocycles. The highest BCUT2D eigenvalue weighted by Crippen LogP contribution is 2.51. The van der Waals surface area contributed by atoms with Crippen molar-refractivity contribution < 1.29 is 18.7 Å². The number of ether oxygens (including phenoxy) is 2. The number of carbonyl (C=O) groups excluding carboxylic acids is 1. The summed E-state index contributed by atoms with van der Waals surface area (Å²) in [6, 6.07) is 12.4. The van der Waals surface area contributed by atoms with Crippen LogP contribution in [0.4, 0.5) is 10.1 Å². The number of rotatable bonds is 3. The first-order chi connectivity index (χ1) is 13.2. The molecule has 2 fully saturated rings. The van der Waals surface area contributed by atoms with Crippen LogP contribution in [-0.2, 0) is 10.2 Å². The molecule has 1 saturated carbocycles. The molecule has 6 heteroatoms. The highest BCUT2D eigenvalue weighted by atomic mass is 19.1. The first-order valence-corrected chi connectivity index (χ1v) is 9.36. The highest BCUT2D eigenvalue weighted by Gasteiger charge is 2.53. The summed E-state index contributed by atoms with van der Waals surface area (Å²) < 4.78 is 24.0. The van der Waals surface area contributed by atoms with Gasteiger partial charge in [0.2, 0.25) is 12.7 Å². The van der Waals surface area contributed by atoms with Gasteiger partial charge in [0.05, 0.1) is 5.41 Å². The van der Waals surface area contributed by atoms with Crippen molar-refractivity contribution in [2.45, 2.75) is 18.3 Å². The van der Waals surface area contributed by atoms with Gasteiger partial charge in [0, 0.05) is 31.9 Å². The third-order valence-corrected chi connectivity index (χ3v) is 5.84. The molecule has 0 radical (unpaired) electrons. The molecule has 0 bridgehead atoms. The maximum Gasteiger partial charge on any atom is 0.233 e. The van der Waals surface area contributed by atoms with Crippen molar-refractivity contribution in [3.8, 4) is 11.5 Å². The van der Waals surface area contributed by atoms with Crippen LogP contribution in [0.2, 0.25) is 0 Å². The molecule has 0 atom stereocenters. The van der Waals surface area contributed by atoms with Crippen LogP contribution in [0.3, 0.4) is 0 Å². The average Bonchev–Trinajstić information content (AvgIpc) is 3.39. The normalized spacial score (nSPS) is 19.9. The number of hydrogen-bond donors (Lipinski definition) is 0. The predicted octanol–water partition coefficient (Wildman–Crippen LogP) is 2.93. The predicted molar refractivity (Wildman–Crippen MR) is 98.7 cm³/mol. The third kappa shape index (κ3) is 2.80. The Hall–Kier alpha value is -2.76. The smallest absolute Gasteiger partial charge is 0.233 e. The number of carbonyl (C=O) groups is 1. The number of anilines is 1. The van der Waals surface area contributed by atoms with Gasteiger partial charge in [0.25, 0.3) is 0 Å². The van der Waals surface area contributed by atoms with Crippen molar-refractivity contribution in [1.29, 1.82) is 0 Å². The van der Waals surface area contributed by atoms with Gasteiger partial charge in [-0.2, -0.15) is 0 Å². The van der Waals surface area contributed by atoms with Crippen molar-refractivity contribution in [2.24, 2.45) is 0 Å². The first-order valence-electron chi connectivity index (χ1n) is 9.36. The topological polar surface area (TPSA) is 42.0 Å². The zero-order valence-electron chi connectivity index (χ0n) is 15.0. The minimum atomic E-state index is -0.404. The number of halogens is 1. The molecule has 5 nitrogen and oxygen atoms in total. The molecule has 0 N–H and O–H groups in total. The molecule has 0 unspecified atom stereocenters. The summed E-state index contributed by atoms with van der Waals surface area (Å²) in [5.74, 6) is 1.45. The second kappa shape index (κ2) is 6.15. The lowest BCUT2D eigenvalue weighted by atomic mass is 9.93. The SMILES string of the molecule is O=C(N1CCN(c2ccc(F)cc2)CC1)C1(c2ccc3c(c2)OCO3)CC1. The summed E-state index contributed by atoms with van der Waals surface area (Å²) in [5.41, 5.74) is 1.62. The van der Waals surface area contributed by atoms with Gasteiger partial charge in [-0.1, -0.05) is 6.07 Å². The number of hydrogen-bond acceptors (Lipinski definition) is 4. The minimum Gasteiger partial charge on any atom is -0.454 e. The molecule has 27 heavy (non-hydrogen) atoms. The van der Waals surface area contributed by atoms with Gasteiger partial charge < -0.3 is 19.3 Å². The van der Waals surface area contributed by atoms with Gasteiger partial charge in [-0.05, 0) is 54.8 Å². The zero-order valence-corrected chi connectivity index (χ0v) is 15.0. The quantitative estimate of drug-likeness (QED) is 0.835. The molecule has 5 rings (SSSR count). The Morgan fingerprint density at radius 2 is 1.63 bits per heavy atom. The molecular weight excluding hydrogens is 347 g/mol. The molecule has 2 aromatic carbocycles. The average molecular weight is 368 g/mol. The number of benzene rings is 2. The molecule has 3 aliphatic rings. The van der Waals surface area contributed by atoms with Crippen molar-refractivity contribution in [1.82, 2.24) is 4.90 Å². The van der Waals surface area contributed by atoms with E-state index in [0.717, 1.165) is 48.7 Å². The van der Waals surface area contributed by atoms with E-state index in [0.29, 0.717) is 13.1 Å². The Bertz CT molecular complexity index is 871. The molecular formula is C21H21FN2O3. The van der Waals surface area contributed by atoms with Crippen LogP contribution >= 0.6 is 0 Å². The fourth-order valence-electron chi connectivity index (χ4n) is 4.07. The third-order valence-electron chi connectivity index (χ3n) is 5.84. The highest BCUT2D eigenvalue weighted by molar-refractivity contribution is 5.91. The van der Waals surface area contributed by atoms with Crippen LogP contribution in [0.1, 0.15) is 18.4 Å². The van der Waals surface area contributed by atoms with Gasteiger partial charge in [-0.15, -0.1) is 0 Å². The van der Waals surface area contributed by atoms with Gasteiger partial charge in [-0.3, -0.25) is 4.79 Å². The molecule has 0 aromatic heterocycles. The Balaban J connectivity index is 1.28. The fourth-order valence-corrected chi connectivity index (χ4v) is 4.07. The van der Waals surface area contributed by atoms with E-state index in [1.54, 1.807) is 12.1 Å². The van der Waals surface area contributed by atoms with Crippen molar-refractivity contribution in [3.63, 3.8) is 0 Å². The Morgan fingerprint density at radius 3 is 2.33 bits per heavy atom. The van der Waals surface area contributed by atoms with Crippen LogP contribution in [0.25, 0.3) is 0 Å². The number of nitrogens with zero attached hydrogens (tertiary/aromatic N) is 2. The fraction of sp³-hybridized carbons (Fsp3) is 0.381. The summed E-state index contributed by atoms with van der Waals surface area (Å²) in [4.78, 5) is 17.4. The lowest BCUT2D eigenvalue weighted by molar-refractivity contribution is -0.134. The standard InChI is InChI=1S/C21H21FN2O3/c22-16-2-4-17(5-3-16)23-9-11-24(12-10-23)20(25)21(7-8-21)15-1-6-18-19(13-15)27-14-26-18/h1-6,13H,7-12,14H2. The Morgan fingerprint density at radius 1 is 0.926 bits per heavy atom. The minimum absolute atomic E-state index is 0.208. The van der Waals surface area contributed by atoms with Gasteiger partial charge in [-0.25, -0.2) is 4.39 Å². The molecule has 140 valence electrons. The van der Waals surface area contributed by atoms with Crippen LogP contribution in [0, 0.1) is 5.82 Å². The number of piperazine rings is 1. The van der Waals surface area contributed by atoms with E-state index in [2.05, 4.69) is 4.90 Å². The summed E-state index contributed by atoms with van der Waals surface area (Å²) in [6.07, 6.45) is 1.76. The summed E-state index contributed by atoms with van der Waals surface area (Å²) in [5, 5.41) is 0. The Labute approximate surface area is 157 Å². The van der Waals surface area contributed by atoms with E-state index in [4.69, 9.17) is 9.47 Å². The largest absolute Gasteiger partial charge is 0.454 e. The van der Waals surface area contributed by atoms with Gasteiger partial charge in [0.15, 0.2) is 11.5 Å². The maximum atomic E-state index is 13.3. The molecule has 1 amide bonds. The van der Waals surface area contributed by atoms with E-state index in [9.17, 15) is 9.18 Å². The second-order valence-electron chi connectivity index (χ2n) is 7.41. The van der Waals surface area contributed by atoms with Crippen molar-refractivity contribution in [3.05, 3.63) is 53.8 Å². The van der Waals surface area contributed by atoms with Crippen LogP contribution < -0.4 is 14.4 Å². The van der Waals surface area contributed by atoms with E-state index in [-0.39, 0.29) is 18.5 Å². The van der Waals surface area contributed by atoms with Gasteiger partial charge in [0.1, 0.15) is 5.82 Å². The van der Waals surface area contributed by atoms with E-state index in [1.807, 2.05) is 23.1 Å². The summed E-state index contributed by atoms with van der Waals surface area (Å²) >= 11 is 0. The van der Waals surface area contributed by atoms with E-state index >= 15 is 0 Å². The zero-order chi connectivity index (χ0) is 18.4. The van der Waals surface area contributed by atoms with Gasteiger partial charge >= 0.3 is 0 Å². The summed E-state index contributed by atoms with van der Waals surface area (Å²) in [6.45, 7) is 3.12. The second-order valence-corrected chi connectivity index (χ2v) is 7.41. The van der Waals surface area contributed by atoms with E-state index < -0.39 is 5.41 Å². The molecule has 1 aliphatic carbocycles. The molecule has 2 aromatic rings. The van der Waals surface area contributed by atoms with Crippen LogP contribution in [0.15, 0.2) is 42.5 Å². The number of amides is 1. The lowest BCUT2D eigenvalue weighted by Crippen LogP contribution is -2.51. The van der Waals surface area contributed by atoms with Crippen LogP contribution in [-0.4, -0.2) is 43.8 Å².